The van der Waals surface area contributed by atoms with Crippen molar-refractivity contribution in [3.8, 4) is 0 Å². The minimum absolute atomic E-state index is 0.0143. The summed E-state index contributed by atoms with van der Waals surface area (Å²) in [6.07, 6.45) is 4.89. The molecule has 0 saturated carbocycles. The molecule has 5 heteroatoms. The fourth-order valence-electron chi connectivity index (χ4n) is 4.45. The van der Waals surface area contributed by atoms with Gasteiger partial charge in [-0.3, -0.25) is 14.6 Å². The summed E-state index contributed by atoms with van der Waals surface area (Å²) in [5, 5.41) is 0. The van der Waals surface area contributed by atoms with Crippen LogP contribution in [-0.4, -0.2) is 42.2 Å². The van der Waals surface area contributed by atoms with Gasteiger partial charge >= 0.3 is 0 Å². The average Bonchev–Trinajstić information content (AvgIpc) is 3.30. The van der Waals surface area contributed by atoms with E-state index in [1.54, 1.807) is 6.34 Å². The minimum Gasteiger partial charge on any atom is -0.339 e. The third kappa shape index (κ3) is 4.09. The van der Waals surface area contributed by atoms with Crippen molar-refractivity contribution in [3.63, 3.8) is 0 Å². The topological polar surface area (TPSA) is 62.1 Å². The van der Waals surface area contributed by atoms with Gasteiger partial charge in [0.05, 0.1) is 0 Å². The van der Waals surface area contributed by atoms with E-state index in [-0.39, 0.29) is 23.5 Å². The maximum Gasteiger partial charge on any atom is 0.253 e. The molecule has 160 valence electrons. The van der Waals surface area contributed by atoms with Gasteiger partial charge < -0.3 is 4.90 Å². The van der Waals surface area contributed by atoms with E-state index < -0.39 is 5.54 Å². The molecule has 2 heterocycles. The molecule has 1 saturated heterocycles. The number of benzene rings is 2. The van der Waals surface area contributed by atoms with Gasteiger partial charge in [0, 0.05) is 36.3 Å². The van der Waals surface area contributed by atoms with Crippen LogP contribution in [0.15, 0.2) is 58.5 Å². The quantitative estimate of drug-likeness (QED) is 0.665. The predicted octanol–water partition coefficient (Wildman–Crippen LogP) is 4.69. The second-order valence-corrected chi connectivity index (χ2v) is 8.88. The first-order valence-electron chi connectivity index (χ1n) is 11.0. The highest BCUT2D eigenvalue weighted by molar-refractivity contribution is 5.98. The Morgan fingerprint density at radius 1 is 0.968 bits per heavy atom. The molecule has 1 amide bonds. The Labute approximate surface area is 183 Å². The molecule has 31 heavy (non-hydrogen) atoms. The molecule has 0 N–H and O–H groups in total. The summed E-state index contributed by atoms with van der Waals surface area (Å²) >= 11 is 0. The fourth-order valence-corrected chi connectivity index (χ4v) is 4.45. The number of aliphatic imine (C=N–C) groups is 2. The van der Waals surface area contributed by atoms with Gasteiger partial charge in [0.15, 0.2) is 5.78 Å². The minimum atomic E-state index is -0.448. The van der Waals surface area contributed by atoms with Crippen LogP contribution < -0.4 is 0 Å². The van der Waals surface area contributed by atoms with Crippen molar-refractivity contribution in [2.24, 2.45) is 21.8 Å². The van der Waals surface area contributed by atoms with Gasteiger partial charge in [-0.15, -0.1) is 0 Å². The number of aryl methyl sites for hydroxylation is 1. The molecule has 0 radical (unpaired) electrons. The number of Topliss-reactive ketones (excluding diaryl/α,β-unsaturated/α-hetero) is 1. The van der Waals surface area contributed by atoms with Crippen molar-refractivity contribution in [2.75, 3.05) is 13.1 Å². The van der Waals surface area contributed by atoms with Crippen LogP contribution in [0.25, 0.3) is 0 Å². The van der Waals surface area contributed by atoms with Crippen LogP contribution in [-0.2, 0) is 5.54 Å². The smallest absolute Gasteiger partial charge is 0.253 e. The molecule has 2 aliphatic heterocycles. The molecule has 0 bridgehead atoms. The molecule has 0 unspecified atom stereocenters. The monoisotopic (exact) mass is 415 g/mol. The summed E-state index contributed by atoms with van der Waals surface area (Å²) in [5.41, 5.74) is 3.18. The Morgan fingerprint density at radius 3 is 2.13 bits per heavy atom. The van der Waals surface area contributed by atoms with Crippen LogP contribution in [0, 0.1) is 18.8 Å². The lowest BCUT2D eigenvalue weighted by atomic mass is 9.81. The first-order valence-corrected chi connectivity index (χ1v) is 11.0. The van der Waals surface area contributed by atoms with Gasteiger partial charge in [-0.1, -0.05) is 55.8 Å². The summed E-state index contributed by atoms with van der Waals surface area (Å²) in [6, 6.07) is 15.5. The Hall–Kier alpha value is -3.08. The number of ketones is 1. The van der Waals surface area contributed by atoms with E-state index in [2.05, 4.69) is 23.8 Å². The van der Waals surface area contributed by atoms with E-state index in [0.717, 1.165) is 16.7 Å². The SMILES string of the molecule is Cc1ccc(C(=O)C2CCN(C(=O)c3ccc([C@]4(C(C)C)C=NC=N4)cc3)CC2)cc1. The molecular formula is C26H29N3O2. The van der Waals surface area contributed by atoms with Crippen molar-refractivity contribution in [1.82, 2.24) is 4.90 Å². The zero-order chi connectivity index (χ0) is 22.0. The Bertz CT molecular complexity index is 1000. The number of hydrogen-bond donors (Lipinski definition) is 0. The van der Waals surface area contributed by atoms with E-state index >= 15 is 0 Å². The van der Waals surface area contributed by atoms with E-state index in [0.29, 0.717) is 31.5 Å². The molecule has 5 nitrogen and oxygen atoms in total. The molecule has 4 rings (SSSR count). The summed E-state index contributed by atoms with van der Waals surface area (Å²) in [5.74, 6) is 0.463. The highest BCUT2D eigenvalue weighted by Gasteiger charge is 2.35. The Morgan fingerprint density at radius 2 is 1.58 bits per heavy atom. The molecule has 2 aromatic rings. The molecule has 2 aromatic carbocycles. The molecule has 1 fully saturated rings. The average molecular weight is 416 g/mol. The number of hydrogen-bond acceptors (Lipinski definition) is 4. The number of amides is 1. The van der Waals surface area contributed by atoms with Gasteiger partial charge in [-0.25, -0.2) is 4.99 Å². The number of carbonyl (C=O) groups excluding carboxylic acids is 2. The molecule has 0 aromatic heterocycles. The standard InChI is InChI=1S/C26H29N3O2/c1-18(2)26(16-27-17-28-26)23-10-8-22(9-11-23)25(31)29-14-12-21(13-15-29)24(30)20-6-4-19(3)5-7-20/h4-11,16-18,21H,12-15H2,1-3H3/t26-/m1/s1. The van der Waals surface area contributed by atoms with Gasteiger partial charge in [0.2, 0.25) is 0 Å². The highest BCUT2D eigenvalue weighted by atomic mass is 16.2. The van der Waals surface area contributed by atoms with Crippen molar-refractivity contribution in [2.45, 2.75) is 39.2 Å². The van der Waals surface area contributed by atoms with Gasteiger partial charge in [-0.2, -0.15) is 0 Å². The maximum atomic E-state index is 13.0. The van der Waals surface area contributed by atoms with Crippen molar-refractivity contribution < 1.29 is 9.59 Å². The second-order valence-electron chi connectivity index (χ2n) is 8.88. The van der Waals surface area contributed by atoms with Crippen LogP contribution in [0.4, 0.5) is 0 Å². The van der Waals surface area contributed by atoms with Crippen molar-refractivity contribution >= 4 is 24.2 Å². The van der Waals surface area contributed by atoms with Gasteiger partial charge in [0.1, 0.15) is 11.9 Å². The Balaban J connectivity index is 1.40. The fraction of sp³-hybridized carbons (Fsp3) is 0.385. The molecule has 1 atom stereocenters. The summed E-state index contributed by atoms with van der Waals surface area (Å²) in [7, 11) is 0. The predicted molar refractivity (Wildman–Crippen MR) is 124 cm³/mol. The third-order valence-corrected chi connectivity index (χ3v) is 6.57. The van der Waals surface area contributed by atoms with Crippen molar-refractivity contribution in [1.29, 1.82) is 0 Å². The highest BCUT2D eigenvalue weighted by Crippen LogP contribution is 2.34. The summed E-state index contributed by atoms with van der Waals surface area (Å²) < 4.78 is 0. The maximum absolute atomic E-state index is 13.0. The second kappa shape index (κ2) is 8.58. The molecule has 0 aliphatic carbocycles. The summed E-state index contributed by atoms with van der Waals surface area (Å²) in [4.78, 5) is 36.4. The van der Waals surface area contributed by atoms with E-state index in [1.807, 2.05) is 66.6 Å². The van der Waals surface area contributed by atoms with Crippen molar-refractivity contribution in [3.05, 3.63) is 70.8 Å². The van der Waals surface area contributed by atoms with Crippen LogP contribution in [0.3, 0.4) is 0 Å². The number of rotatable bonds is 5. The van der Waals surface area contributed by atoms with Crippen LogP contribution >= 0.6 is 0 Å². The van der Waals surface area contributed by atoms with E-state index in [9.17, 15) is 9.59 Å². The number of likely N-dealkylation sites (tertiary alicyclic amines) is 1. The number of nitrogens with zero attached hydrogens (tertiary/aromatic N) is 3. The number of carbonyl (C=O) groups is 2. The van der Waals surface area contributed by atoms with E-state index in [4.69, 9.17) is 0 Å². The third-order valence-electron chi connectivity index (χ3n) is 6.57. The largest absolute Gasteiger partial charge is 0.339 e. The zero-order valence-corrected chi connectivity index (χ0v) is 18.4. The Kier molecular flexibility index (Phi) is 5.86. The lowest BCUT2D eigenvalue weighted by Gasteiger charge is -2.32. The zero-order valence-electron chi connectivity index (χ0n) is 18.4. The summed E-state index contributed by atoms with van der Waals surface area (Å²) in [6.45, 7) is 7.47. The van der Waals surface area contributed by atoms with Gasteiger partial charge in [0.25, 0.3) is 5.91 Å². The molecule has 2 aliphatic rings. The lowest BCUT2D eigenvalue weighted by Crippen LogP contribution is -2.40. The van der Waals surface area contributed by atoms with Gasteiger partial charge in [-0.05, 0) is 43.4 Å². The van der Waals surface area contributed by atoms with E-state index in [1.165, 1.54) is 0 Å². The van der Waals surface area contributed by atoms with Crippen LogP contribution in [0.5, 0.6) is 0 Å². The number of piperidine rings is 1. The first-order chi connectivity index (χ1) is 14.9. The first kappa shape index (κ1) is 21.2. The van der Waals surface area contributed by atoms with Crippen LogP contribution in [0.2, 0.25) is 0 Å². The normalized spacial score (nSPS) is 21.1. The molecular weight excluding hydrogens is 386 g/mol. The lowest BCUT2D eigenvalue weighted by molar-refractivity contribution is 0.0650. The van der Waals surface area contributed by atoms with Crippen LogP contribution in [0.1, 0.15) is 58.5 Å². The molecule has 0 spiro atoms.